The van der Waals surface area contributed by atoms with Gasteiger partial charge in [0.2, 0.25) is 5.91 Å². The van der Waals surface area contributed by atoms with Gasteiger partial charge in [0.25, 0.3) is 10.0 Å². The minimum atomic E-state index is -3.84. The maximum Gasteiger partial charge on any atom is 0.264 e. The zero-order valence-electron chi connectivity index (χ0n) is 15.5. The van der Waals surface area contributed by atoms with Crippen molar-refractivity contribution < 1.29 is 13.2 Å². The summed E-state index contributed by atoms with van der Waals surface area (Å²) in [6.45, 7) is 5.64. The number of rotatable bonds is 8. The van der Waals surface area contributed by atoms with Crippen LogP contribution in [0.15, 0.2) is 59.5 Å². The molecule has 2 aromatic carbocycles. The lowest BCUT2D eigenvalue weighted by Crippen LogP contribution is -2.43. The first-order valence-electron chi connectivity index (χ1n) is 8.84. The second-order valence-electron chi connectivity index (χ2n) is 6.22. The van der Waals surface area contributed by atoms with Gasteiger partial charge in [-0.25, -0.2) is 8.42 Å². The van der Waals surface area contributed by atoms with E-state index in [0.717, 1.165) is 18.4 Å². The molecule has 5 nitrogen and oxygen atoms in total. The Balaban J connectivity index is 2.39. The predicted octanol–water partition coefficient (Wildman–Crippen LogP) is 3.36. The summed E-state index contributed by atoms with van der Waals surface area (Å²) in [7, 11) is -3.84. The summed E-state index contributed by atoms with van der Waals surface area (Å²) in [4.78, 5) is 12.5. The van der Waals surface area contributed by atoms with E-state index < -0.39 is 10.0 Å². The number of anilines is 1. The summed E-state index contributed by atoms with van der Waals surface area (Å²) < 4.78 is 27.4. The van der Waals surface area contributed by atoms with E-state index in [9.17, 15) is 13.2 Å². The van der Waals surface area contributed by atoms with Crippen molar-refractivity contribution in [3.8, 4) is 0 Å². The molecule has 0 bridgehead atoms. The van der Waals surface area contributed by atoms with E-state index in [0.29, 0.717) is 5.69 Å². The predicted molar refractivity (Wildman–Crippen MR) is 105 cm³/mol. The highest BCUT2D eigenvalue weighted by Crippen LogP contribution is 2.24. The van der Waals surface area contributed by atoms with Crippen LogP contribution in [0, 0.1) is 0 Å². The Kier molecular flexibility index (Phi) is 6.80. The van der Waals surface area contributed by atoms with Crippen molar-refractivity contribution in [2.24, 2.45) is 0 Å². The van der Waals surface area contributed by atoms with Crippen molar-refractivity contribution in [2.75, 3.05) is 10.8 Å². The lowest BCUT2D eigenvalue weighted by molar-refractivity contribution is -0.120. The van der Waals surface area contributed by atoms with Gasteiger partial charge in [-0.3, -0.25) is 9.10 Å². The number of benzene rings is 2. The summed E-state index contributed by atoms with van der Waals surface area (Å²) in [5.74, 6) is -0.321. The monoisotopic (exact) mass is 374 g/mol. The molecule has 26 heavy (non-hydrogen) atoms. The van der Waals surface area contributed by atoms with Crippen LogP contribution in [0.2, 0.25) is 0 Å². The summed E-state index contributed by atoms with van der Waals surface area (Å²) in [5, 5.41) is 2.83. The average Bonchev–Trinajstić information content (AvgIpc) is 2.66. The van der Waals surface area contributed by atoms with Crippen LogP contribution in [-0.4, -0.2) is 26.9 Å². The van der Waals surface area contributed by atoms with E-state index in [-0.39, 0.29) is 23.4 Å². The third kappa shape index (κ3) is 4.85. The van der Waals surface area contributed by atoms with Crippen LogP contribution >= 0.6 is 0 Å². The Morgan fingerprint density at radius 2 is 1.65 bits per heavy atom. The first-order valence-corrected chi connectivity index (χ1v) is 10.3. The maximum atomic E-state index is 13.1. The van der Waals surface area contributed by atoms with Gasteiger partial charge in [0.15, 0.2) is 0 Å². The fourth-order valence-corrected chi connectivity index (χ4v) is 3.93. The fraction of sp³-hybridized carbons (Fsp3) is 0.350. The second-order valence-corrected chi connectivity index (χ2v) is 8.08. The quantitative estimate of drug-likeness (QED) is 0.770. The minimum absolute atomic E-state index is 0.00810. The molecule has 140 valence electrons. The topological polar surface area (TPSA) is 66.5 Å². The molecule has 1 amide bonds. The Hall–Kier alpha value is -2.34. The van der Waals surface area contributed by atoms with E-state index in [1.54, 1.807) is 30.3 Å². The maximum absolute atomic E-state index is 13.1. The molecule has 0 fully saturated rings. The van der Waals surface area contributed by atoms with E-state index in [4.69, 9.17) is 0 Å². The number of nitrogens with zero attached hydrogens (tertiary/aromatic N) is 1. The molecule has 0 saturated carbocycles. The van der Waals surface area contributed by atoms with Gasteiger partial charge in [0, 0.05) is 6.04 Å². The summed E-state index contributed by atoms with van der Waals surface area (Å²) in [5.41, 5.74) is 1.58. The van der Waals surface area contributed by atoms with Crippen molar-refractivity contribution in [1.29, 1.82) is 0 Å². The largest absolute Gasteiger partial charge is 0.352 e. The van der Waals surface area contributed by atoms with Crippen molar-refractivity contribution in [2.45, 2.75) is 44.6 Å². The first-order chi connectivity index (χ1) is 12.4. The zero-order chi connectivity index (χ0) is 19.2. The molecule has 0 radical (unpaired) electrons. The summed E-state index contributed by atoms with van der Waals surface area (Å²) in [6, 6.07) is 15.4. The van der Waals surface area contributed by atoms with Crippen LogP contribution in [0.25, 0.3) is 0 Å². The lowest BCUT2D eigenvalue weighted by atomic mass is 10.1. The zero-order valence-corrected chi connectivity index (χ0v) is 16.3. The number of hydrogen-bond donors (Lipinski definition) is 1. The van der Waals surface area contributed by atoms with Gasteiger partial charge in [-0.1, -0.05) is 44.2 Å². The fourth-order valence-electron chi connectivity index (χ4n) is 2.49. The molecule has 0 aliphatic carbocycles. The van der Waals surface area contributed by atoms with E-state index in [1.807, 2.05) is 32.9 Å². The number of nitrogens with one attached hydrogen (secondary N) is 1. The number of aryl methyl sites for hydroxylation is 1. The molecule has 2 aromatic rings. The number of carbonyl (C=O) groups is 1. The smallest absolute Gasteiger partial charge is 0.264 e. The highest BCUT2D eigenvalue weighted by molar-refractivity contribution is 7.92. The standard InChI is InChI=1S/C20H26N2O3S/c1-4-16(3)21-20(23)15-22(18-13-11-17(5-2)12-14-18)26(24,25)19-9-7-6-8-10-19/h6-14,16H,4-5,15H2,1-3H3,(H,21,23)/t16-/m1/s1. The second kappa shape index (κ2) is 8.85. The van der Waals surface area contributed by atoms with Gasteiger partial charge in [-0.05, 0) is 49.6 Å². The SMILES string of the molecule is CCc1ccc(N(CC(=O)N[C@H](C)CC)S(=O)(=O)c2ccccc2)cc1. The molecule has 0 unspecified atom stereocenters. The molecule has 6 heteroatoms. The molecule has 1 atom stereocenters. The number of sulfonamides is 1. The van der Waals surface area contributed by atoms with E-state index in [2.05, 4.69) is 5.32 Å². The number of hydrogen-bond acceptors (Lipinski definition) is 3. The van der Waals surface area contributed by atoms with E-state index in [1.165, 1.54) is 16.4 Å². The molecule has 0 aliphatic rings. The first kappa shape index (κ1) is 20.0. The van der Waals surface area contributed by atoms with Crippen LogP contribution < -0.4 is 9.62 Å². The van der Waals surface area contributed by atoms with Gasteiger partial charge in [-0.2, -0.15) is 0 Å². The van der Waals surface area contributed by atoms with Gasteiger partial charge >= 0.3 is 0 Å². The molecule has 0 heterocycles. The minimum Gasteiger partial charge on any atom is -0.352 e. The van der Waals surface area contributed by atoms with Crippen molar-refractivity contribution in [1.82, 2.24) is 5.32 Å². The van der Waals surface area contributed by atoms with Crippen molar-refractivity contribution in [3.63, 3.8) is 0 Å². The lowest BCUT2D eigenvalue weighted by Gasteiger charge is -2.25. The van der Waals surface area contributed by atoms with Gasteiger partial charge < -0.3 is 5.32 Å². The molecule has 0 saturated heterocycles. The molecular weight excluding hydrogens is 348 g/mol. The third-order valence-electron chi connectivity index (χ3n) is 4.27. The molecular formula is C20H26N2O3S. The molecule has 0 spiro atoms. The molecule has 1 N–H and O–H groups in total. The van der Waals surface area contributed by atoms with Crippen LogP contribution in [0.4, 0.5) is 5.69 Å². The average molecular weight is 375 g/mol. The van der Waals surface area contributed by atoms with Crippen LogP contribution in [0.3, 0.4) is 0 Å². The van der Waals surface area contributed by atoms with Crippen LogP contribution in [0.5, 0.6) is 0 Å². The Morgan fingerprint density at radius 1 is 1.04 bits per heavy atom. The van der Waals surface area contributed by atoms with Crippen molar-refractivity contribution in [3.05, 3.63) is 60.2 Å². The Labute approximate surface area is 156 Å². The van der Waals surface area contributed by atoms with Crippen molar-refractivity contribution >= 4 is 21.6 Å². The van der Waals surface area contributed by atoms with Gasteiger partial charge in [-0.15, -0.1) is 0 Å². The normalized spacial score (nSPS) is 12.4. The van der Waals surface area contributed by atoms with E-state index >= 15 is 0 Å². The van der Waals surface area contributed by atoms with Gasteiger partial charge in [0.1, 0.15) is 6.54 Å². The van der Waals surface area contributed by atoms with Crippen LogP contribution in [0.1, 0.15) is 32.8 Å². The summed E-state index contributed by atoms with van der Waals surface area (Å²) >= 11 is 0. The summed E-state index contributed by atoms with van der Waals surface area (Å²) in [6.07, 6.45) is 1.64. The molecule has 0 aliphatic heterocycles. The highest BCUT2D eigenvalue weighted by Gasteiger charge is 2.27. The Morgan fingerprint density at radius 3 is 2.19 bits per heavy atom. The molecule has 0 aromatic heterocycles. The number of carbonyl (C=O) groups excluding carboxylic acids is 1. The van der Waals surface area contributed by atoms with Gasteiger partial charge in [0.05, 0.1) is 10.6 Å². The Bertz CT molecular complexity index is 818. The van der Waals surface area contributed by atoms with Crippen LogP contribution in [-0.2, 0) is 21.2 Å². The number of amides is 1. The molecule has 2 rings (SSSR count). The third-order valence-corrected chi connectivity index (χ3v) is 6.06. The highest BCUT2D eigenvalue weighted by atomic mass is 32.2.